The van der Waals surface area contributed by atoms with Gasteiger partial charge in [0.1, 0.15) is 6.33 Å². The predicted octanol–water partition coefficient (Wildman–Crippen LogP) is 0.760. The Labute approximate surface area is 86.5 Å². The van der Waals surface area contributed by atoms with Crippen LogP contribution in [0.4, 0.5) is 5.69 Å². The van der Waals surface area contributed by atoms with Crippen LogP contribution in [0.15, 0.2) is 23.3 Å². The molecule has 0 aliphatic heterocycles. The number of rotatable bonds is 1. The van der Waals surface area contributed by atoms with E-state index in [0.717, 1.165) is 16.8 Å². The van der Waals surface area contributed by atoms with Crippen molar-refractivity contribution in [3.63, 3.8) is 0 Å². The Kier molecular flexibility index (Phi) is 2.07. The Morgan fingerprint density at radius 3 is 2.73 bits per heavy atom. The fourth-order valence-corrected chi connectivity index (χ4v) is 1.63. The van der Waals surface area contributed by atoms with Crippen molar-refractivity contribution in [2.45, 2.75) is 13.8 Å². The lowest BCUT2D eigenvalue weighted by Gasteiger charge is -2.11. The molecule has 5 heteroatoms. The normalized spacial score (nSPS) is 10.5. The zero-order valence-electron chi connectivity index (χ0n) is 8.61. The number of nitrogens with zero attached hydrogens (tertiary/aromatic N) is 2. The number of aromatic nitrogens is 3. The maximum atomic E-state index is 11.4. The van der Waals surface area contributed by atoms with Gasteiger partial charge in [-0.1, -0.05) is 6.07 Å². The van der Waals surface area contributed by atoms with Crippen LogP contribution in [0.2, 0.25) is 0 Å². The smallest absolute Gasteiger partial charge is 0.347 e. The summed E-state index contributed by atoms with van der Waals surface area (Å²) in [5.74, 6) is 0. The summed E-state index contributed by atoms with van der Waals surface area (Å²) in [7, 11) is 0. The van der Waals surface area contributed by atoms with Crippen molar-refractivity contribution in [1.82, 2.24) is 14.8 Å². The van der Waals surface area contributed by atoms with Gasteiger partial charge < -0.3 is 5.73 Å². The fourth-order valence-electron chi connectivity index (χ4n) is 1.63. The summed E-state index contributed by atoms with van der Waals surface area (Å²) in [6.45, 7) is 3.82. The quantitative estimate of drug-likeness (QED) is 0.673. The topological polar surface area (TPSA) is 76.7 Å². The van der Waals surface area contributed by atoms with E-state index in [4.69, 9.17) is 5.73 Å². The third kappa shape index (κ3) is 1.41. The molecule has 1 heterocycles. The Morgan fingerprint density at radius 2 is 2.13 bits per heavy atom. The molecule has 0 saturated heterocycles. The summed E-state index contributed by atoms with van der Waals surface area (Å²) in [5.41, 5.74) is 8.89. The summed E-state index contributed by atoms with van der Waals surface area (Å²) in [6, 6.07) is 3.72. The highest BCUT2D eigenvalue weighted by atomic mass is 16.1. The summed E-state index contributed by atoms with van der Waals surface area (Å²) >= 11 is 0. The third-order valence-electron chi connectivity index (χ3n) is 2.47. The van der Waals surface area contributed by atoms with E-state index in [9.17, 15) is 4.79 Å². The molecule has 0 fully saturated rings. The van der Waals surface area contributed by atoms with E-state index in [1.807, 2.05) is 26.0 Å². The lowest BCUT2D eigenvalue weighted by atomic mass is 10.1. The molecular weight excluding hydrogens is 192 g/mol. The van der Waals surface area contributed by atoms with Gasteiger partial charge in [-0.3, -0.25) is 0 Å². The fraction of sp³-hybridized carbons (Fsp3) is 0.200. The van der Waals surface area contributed by atoms with E-state index < -0.39 is 0 Å². The van der Waals surface area contributed by atoms with Gasteiger partial charge in [-0.2, -0.15) is 5.10 Å². The number of nitrogens with two attached hydrogens (primary N) is 1. The third-order valence-corrected chi connectivity index (χ3v) is 2.47. The van der Waals surface area contributed by atoms with Crippen LogP contribution < -0.4 is 11.4 Å². The minimum absolute atomic E-state index is 0.258. The largest absolute Gasteiger partial charge is 0.398 e. The molecule has 0 atom stereocenters. The Hall–Kier alpha value is -2.04. The monoisotopic (exact) mass is 204 g/mol. The molecule has 1 aromatic heterocycles. The van der Waals surface area contributed by atoms with Crippen LogP contribution in [0.3, 0.4) is 0 Å². The van der Waals surface area contributed by atoms with Crippen LogP contribution in [0.1, 0.15) is 11.1 Å². The number of anilines is 1. The second kappa shape index (κ2) is 3.27. The van der Waals surface area contributed by atoms with Gasteiger partial charge in [0.15, 0.2) is 0 Å². The van der Waals surface area contributed by atoms with Gasteiger partial charge >= 0.3 is 5.69 Å². The number of aromatic amines is 1. The highest BCUT2D eigenvalue weighted by Crippen LogP contribution is 2.22. The highest BCUT2D eigenvalue weighted by molar-refractivity contribution is 5.60. The van der Waals surface area contributed by atoms with Crippen LogP contribution in [0, 0.1) is 13.8 Å². The predicted molar refractivity (Wildman–Crippen MR) is 58.1 cm³/mol. The summed E-state index contributed by atoms with van der Waals surface area (Å²) in [5, 5.41) is 6.05. The SMILES string of the molecule is Cc1ccc(N)c(C)c1-n1cn[nH]c1=O. The minimum Gasteiger partial charge on any atom is -0.398 e. The molecule has 0 aliphatic carbocycles. The molecule has 15 heavy (non-hydrogen) atoms. The number of benzene rings is 1. The molecule has 0 radical (unpaired) electrons. The number of hydrogen-bond acceptors (Lipinski definition) is 3. The van der Waals surface area contributed by atoms with Crippen molar-refractivity contribution in [2.75, 3.05) is 5.73 Å². The molecule has 0 bridgehead atoms. The van der Waals surface area contributed by atoms with E-state index in [1.54, 1.807) is 0 Å². The van der Waals surface area contributed by atoms with Gasteiger partial charge in [-0.05, 0) is 31.0 Å². The molecule has 3 N–H and O–H groups in total. The van der Waals surface area contributed by atoms with E-state index in [0.29, 0.717) is 5.69 Å². The minimum atomic E-state index is -0.258. The maximum Gasteiger partial charge on any atom is 0.347 e. The maximum absolute atomic E-state index is 11.4. The summed E-state index contributed by atoms with van der Waals surface area (Å²) < 4.78 is 1.46. The molecule has 0 spiro atoms. The van der Waals surface area contributed by atoms with Gasteiger partial charge in [-0.15, -0.1) is 0 Å². The van der Waals surface area contributed by atoms with Gasteiger partial charge in [0.25, 0.3) is 0 Å². The first kappa shape index (κ1) is 9.51. The average molecular weight is 204 g/mol. The van der Waals surface area contributed by atoms with Gasteiger partial charge in [0.05, 0.1) is 5.69 Å². The highest BCUT2D eigenvalue weighted by Gasteiger charge is 2.09. The standard InChI is InChI=1S/C10H12N4O/c1-6-3-4-8(11)7(2)9(6)14-5-12-13-10(14)15/h3-5H,11H2,1-2H3,(H,13,15). The van der Waals surface area contributed by atoms with Crippen molar-refractivity contribution in [3.8, 4) is 5.69 Å². The first-order valence-corrected chi connectivity index (χ1v) is 4.59. The number of nitrogen functional groups attached to an aromatic ring is 1. The van der Waals surface area contributed by atoms with Crippen LogP contribution in [-0.4, -0.2) is 14.8 Å². The summed E-state index contributed by atoms with van der Waals surface area (Å²) in [4.78, 5) is 11.4. The molecule has 0 unspecified atom stereocenters. The molecule has 0 aliphatic rings. The zero-order valence-corrected chi connectivity index (χ0v) is 8.61. The second-order valence-electron chi connectivity index (χ2n) is 3.48. The second-order valence-corrected chi connectivity index (χ2v) is 3.48. The molecule has 5 nitrogen and oxygen atoms in total. The molecule has 78 valence electrons. The van der Waals surface area contributed by atoms with Crippen LogP contribution >= 0.6 is 0 Å². The van der Waals surface area contributed by atoms with E-state index in [2.05, 4.69) is 10.2 Å². The lowest BCUT2D eigenvalue weighted by Crippen LogP contribution is -2.16. The van der Waals surface area contributed by atoms with Gasteiger partial charge in [-0.25, -0.2) is 14.5 Å². The van der Waals surface area contributed by atoms with Crippen molar-refractivity contribution in [3.05, 3.63) is 40.1 Å². The molecular formula is C10H12N4O. The van der Waals surface area contributed by atoms with Gasteiger partial charge in [0.2, 0.25) is 0 Å². The molecule has 1 aromatic carbocycles. The van der Waals surface area contributed by atoms with Crippen molar-refractivity contribution < 1.29 is 0 Å². The lowest BCUT2D eigenvalue weighted by molar-refractivity contribution is 0.963. The van der Waals surface area contributed by atoms with Crippen LogP contribution in [-0.2, 0) is 0 Å². The average Bonchev–Trinajstić information content (AvgIpc) is 2.60. The summed E-state index contributed by atoms with van der Waals surface area (Å²) in [6.07, 6.45) is 1.46. The van der Waals surface area contributed by atoms with E-state index in [1.165, 1.54) is 10.9 Å². The number of H-pyrrole nitrogens is 1. The Morgan fingerprint density at radius 1 is 1.40 bits per heavy atom. The van der Waals surface area contributed by atoms with Crippen LogP contribution in [0.25, 0.3) is 5.69 Å². The Bertz CT molecular complexity index is 553. The number of hydrogen-bond donors (Lipinski definition) is 2. The van der Waals surface area contributed by atoms with Crippen molar-refractivity contribution in [1.29, 1.82) is 0 Å². The van der Waals surface area contributed by atoms with Crippen molar-refractivity contribution >= 4 is 5.69 Å². The Balaban J connectivity index is 2.78. The number of nitrogens with one attached hydrogen (secondary N) is 1. The molecule has 0 amide bonds. The number of aryl methyl sites for hydroxylation is 1. The van der Waals surface area contributed by atoms with E-state index >= 15 is 0 Å². The van der Waals surface area contributed by atoms with E-state index in [-0.39, 0.29) is 5.69 Å². The molecule has 2 aromatic rings. The van der Waals surface area contributed by atoms with Crippen molar-refractivity contribution in [2.24, 2.45) is 0 Å². The van der Waals surface area contributed by atoms with Crippen LogP contribution in [0.5, 0.6) is 0 Å². The zero-order chi connectivity index (χ0) is 11.0. The first-order valence-electron chi connectivity index (χ1n) is 4.59. The van der Waals surface area contributed by atoms with Gasteiger partial charge in [0, 0.05) is 5.69 Å². The first-order chi connectivity index (χ1) is 7.11. The molecule has 0 saturated carbocycles. The molecule has 2 rings (SSSR count).